The number of nitrogens with zero attached hydrogens (tertiary/aromatic N) is 1. The molecule has 0 unspecified atom stereocenters. The van der Waals surface area contributed by atoms with Crippen LogP contribution in [0.15, 0.2) is 29.3 Å². The molecule has 0 N–H and O–H groups in total. The van der Waals surface area contributed by atoms with Crippen molar-refractivity contribution in [3.05, 3.63) is 35.9 Å². The standard InChI is InChI=1S/C14H16NO2.Ir/c1-13(2)11(10-8-6-5-7-9-10)15-14(3,4)17-12(13)16;/h5-8H,1-4H3;/q-1;. The van der Waals surface area contributed by atoms with E-state index in [0.717, 1.165) is 11.3 Å². The van der Waals surface area contributed by atoms with Crippen LogP contribution in [-0.2, 0) is 29.6 Å². The van der Waals surface area contributed by atoms with Crippen molar-refractivity contribution >= 4 is 11.7 Å². The fraction of sp³-hybridized carbons (Fsp3) is 0.429. The molecule has 0 bridgehead atoms. The van der Waals surface area contributed by atoms with Gasteiger partial charge in [0.25, 0.3) is 0 Å². The van der Waals surface area contributed by atoms with Gasteiger partial charge in [0.2, 0.25) is 0 Å². The minimum Gasteiger partial charge on any atom is -0.438 e. The molecule has 0 amide bonds. The molecular weight excluding hydrogens is 406 g/mol. The number of cyclic esters (lactones) is 1. The van der Waals surface area contributed by atoms with Crippen molar-refractivity contribution in [1.29, 1.82) is 0 Å². The second-order valence-electron chi connectivity index (χ2n) is 5.20. The van der Waals surface area contributed by atoms with Crippen LogP contribution in [0.4, 0.5) is 0 Å². The average molecular weight is 423 g/mol. The molecule has 0 spiro atoms. The average Bonchev–Trinajstić information content (AvgIpc) is 2.25. The van der Waals surface area contributed by atoms with Gasteiger partial charge < -0.3 is 4.74 Å². The normalized spacial score (nSPS) is 20.4. The summed E-state index contributed by atoms with van der Waals surface area (Å²) in [4.78, 5) is 16.5. The summed E-state index contributed by atoms with van der Waals surface area (Å²) in [6.45, 7) is 7.21. The Morgan fingerprint density at radius 2 is 1.89 bits per heavy atom. The van der Waals surface area contributed by atoms with Crippen LogP contribution in [0.5, 0.6) is 0 Å². The first-order valence-electron chi connectivity index (χ1n) is 5.64. The van der Waals surface area contributed by atoms with Crippen molar-refractivity contribution in [2.75, 3.05) is 0 Å². The van der Waals surface area contributed by atoms with Crippen LogP contribution < -0.4 is 0 Å². The molecule has 99 valence electrons. The zero-order chi connectivity index (χ0) is 12.7. The predicted molar refractivity (Wildman–Crippen MR) is 65.8 cm³/mol. The molecule has 1 heterocycles. The van der Waals surface area contributed by atoms with E-state index >= 15 is 0 Å². The number of benzene rings is 1. The topological polar surface area (TPSA) is 38.7 Å². The predicted octanol–water partition coefficient (Wildman–Crippen LogP) is 2.59. The van der Waals surface area contributed by atoms with Gasteiger partial charge in [-0.3, -0.25) is 9.79 Å². The molecule has 1 aromatic rings. The maximum Gasteiger partial charge on any atom is 0.310 e. The molecule has 1 aromatic carbocycles. The van der Waals surface area contributed by atoms with Crippen LogP contribution in [0.2, 0.25) is 0 Å². The molecule has 1 aliphatic rings. The monoisotopic (exact) mass is 423 g/mol. The number of carbonyl (C=O) groups excluding carboxylic acids is 1. The Bertz CT molecular complexity index is 478. The molecule has 0 aliphatic carbocycles. The smallest absolute Gasteiger partial charge is 0.310 e. The Balaban J connectivity index is 0.00000162. The number of ether oxygens (including phenoxy) is 1. The number of esters is 1. The van der Waals surface area contributed by atoms with Crippen molar-refractivity contribution < 1.29 is 29.6 Å². The summed E-state index contributed by atoms with van der Waals surface area (Å²) in [5.74, 6) is -0.246. The van der Waals surface area contributed by atoms with E-state index in [4.69, 9.17) is 4.74 Å². The van der Waals surface area contributed by atoms with Crippen LogP contribution in [0.3, 0.4) is 0 Å². The van der Waals surface area contributed by atoms with Gasteiger partial charge in [-0.25, -0.2) is 0 Å². The molecule has 0 atom stereocenters. The number of hydrogen-bond donors (Lipinski definition) is 0. The molecule has 1 aliphatic heterocycles. The summed E-state index contributed by atoms with van der Waals surface area (Å²) in [6, 6.07) is 10.7. The molecule has 1 radical (unpaired) electrons. The van der Waals surface area contributed by atoms with E-state index in [0.29, 0.717) is 0 Å². The van der Waals surface area contributed by atoms with E-state index in [1.54, 1.807) is 13.8 Å². The van der Waals surface area contributed by atoms with E-state index in [1.807, 2.05) is 38.1 Å². The molecule has 18 heavy (non-hydrogen) atoms. The SMILES string of the molecule is CC1(C)N=C(c2[c-]cccc2)C(C)(C)C(=O)O1.[Ir]. The van der Waals surface area contributed by atoms with Gasteiger partial charge >= 0.3 is 5.97 Å². The molecular formula is C14H16IrNO2-. The van der Waals surface area contributed by atoms with Gasteiger partial charge in [0.1, 0.15) is 0 Å². The molecule has 3 nitrogen and oxygen atoms in total. The first kappa shape index (κ1) is 15.1. The molecule has 0 saturated heterocycles. The van der Waals surface area contributed by atoms with Gasteiger partial charge in [-0.05, 0) is 19.6 Å². The fourth-order valence-electron chi connectivity index (χ4n) is 1.82. The van der Waals surface area contributed by atoms with Crippen LogP contribution >= 0.6 is 0 Å². The van der Waals surface area contributed by atoms with Crippen LogP contribution in [0.25, 0.3) is 0 Å². The summed E-state index contributed by atoms with van der Waals surface area (Å²) in [5, 5.41) is 0. The quantitative estimate of drug-likeness (QED) is 0.516. The number of aliphatic imine (C=N–C) groups is 1. The number of hydrogen-bond acceptors (Lipinski definition) is 3. The fourth-order valence-corrected chi connectivity index (χ4v) is 1.82. The Kier molecular flexibility index (Phi) is 4.14. The van der Waals surface area contributed by atoms with Gasteiger partial charge in [0.15, 0.2) is 5.72 Å². The van der Waals surface area contributed by atoms with E-state index in [1.165, 1.54) is 0 Å². The number of carbonyl (C=O) groups is 1. The van der Waals surface area contributed by atoms with Crippen LogP contribution in [-0.4, -0.2) is 17.4 Å². The summed E-state index contributed by atoms with van der Waals surface area (Å²) < 4.78 is 5.30. The Morgan fingerprint density at radius 3 is 2.44 bits per heavy atom. The van der Waals surface area contributed by atoms with Crippen molar-refractivity contribution in [3.63, 3.8) is 0 Å². The third-order valence-corrected chi connectivity index (χ3v) is 2.79. The van der Waals surface area contributed by atoms with Gasteiger partial charge in [-0.15, -0.1) is 35.9 Å². The molecule has 0 aromatic heterocycles. The van der Waals surface area contributed by atoms with E-state index in [2.05, 4.69) is 11.1 Å². The van der Waals surface area contributed by atoms with Crippen molar-refractivity contribution in [2.24, 2.45) is 10.4 Å². The maximum atomic E-state index is 12.0. The second kappa shape index (κ2) is 4.94. The van der Waals surface area contributed by atoms with Crippen molar-refractivity contribution in [2.45, 2.75) is 33.4 Å². The van der Waals surface area contributed by atoms with Gasteiger partial charge in [0.05, 0.1) is 5.41 Å². The van der Waals surface area contributed by atoms with Crippen molar-refractivity contribution in [3.8, 4) is 0 Å². The van der Waals surface area contributed by atoms with E-state index in [-0.39, 0.29) is 26.1 Å². The minimum absolute atomic E-state index is 0. The third-order valence-electron chi connectivity index (χ3n) is 2.79. The third kappa shape index (κ3) is 2.70. The molecule has 4 heteroatoms. The zero-order valence-electron chi connectivity index (χ0n) is 10.9. The second-order valence-corrected chi connectivity index (χ2v) is 5.20. The molecule has 2 rings (SSSR count). The molecule has 0 saturated carbocycles. The summed E-state index contributed by atoms with van der Waals surface area (Å²) in [6.07, 6.45) is 0. The molecule has 0 fully saturated rings. The summed E-state index contributed by atoms with van der Waals surface area (Å²) in [7, 11) is 0. The zero-order valence-corrected chi connectivity index (χ0v) is 13.3. The largest absolute Gasteiger partial charge is 0.438 e. The van der Waals surface area contributed by atoms with Gasteiger partial charge in [0, 0.05) is 20.1 Å². The van der Waals surface area contributed by atoms with E-state index in [9.17, 15) is 4.79 Å². The Labute approximate surface area is 121 Å². The summed E-state index contributed by atoms with van der Waals surface area (Å²) >= 11 is 0. The minimum atomic E-state index is -0.800. The maximum absolute atomic E-state index is 12.0. The Morgan fingerprint density at radius 1 is 1.22 bits per heavy atom. The van der Waals surface area contributed by atoms with Gasteiger partial charge in [-0.2, -0.15) is 0 Å². The van der Waals surface area contributed by atoms with Crippen molar-refractivity contribution in [1.82, 2.24) is 0 Å². The first-order chi connectivity index (χ1) is 7.83. The Hall–Kier alpha value is -0.991. The van der Waals surface area contributed by atoms with Crippen LogP contribution in [0.1, 0.15) is 33.3 Å². The number of rotatable bonds is 1. The van der Waals surface area contributed by atoms with Crippen LogP contribution in [0, 0.1) is 11.5 Å². The summed E-state index contributed by atoms with van der Waals surface area (Å²) in [5.41, 5.74) is 0.0560. The first-order valence-corrected chi connectivity index (χ1v) is 5.64. The van der Waals surface area contributed by atoms with E-state index < -0.39 is 11.1 Å². The van der Waals surface area contributed by atoms with Gasteiger partial charge in [-0.1, -0.05) is 13.8 Å².